The Kier molecular flexibility index (Phi) is 6.42. The molecule has 0 amide bonds. The van der Waals surface area contributed by atoms with Crippen LogP contribution in [0.5, 0.6) is 0 Å². The lowest BCUT2D eigenvalue weighted by Gasteiger charge is -2.27. The fourth-order valence-electron chi connectivity index (χ4n) is 7.81. The third kappa shape index (κ3) is 4.58. The molecule has 0 atom stereocenters. The fourth-order valence-corrected chi connectivity index (χ4v) is 8.89. The molecule has 0 aliphatic carbocycles. The quantitative estimate of drug-likeness (QED) is 0.181. The molecule has 3 heterocycles. The number of anilines is 3. The topological polar surface area (TPSA) is 29.5 Å². The molecule has 11 rings (SSSR count). The molecule has 0 radical (unpaired) electrons. The molecule has 0 unspecified atom stereocenters. The molecule has 0 N–H and O–H groups in total. The van der Waals surface area contributed by atoms with E-state index in [9.17, 15) is 0 Å². The van der Waals surface area contributed by atoms with E-state index < -0.39 is 0 Å². The van der Waals surface area contributed by atoms with Gasteiger partial charge in [-0.05, 0) is 101 Å². The lowest BCUT2D eigenvalue weighted by atomic mass is 10.0. The van der Waals surface area contributed by atoms with Gasteiger partial charge in [0.2, 0.25) is 0 Å². The molecule has 0 fully saturated rings. The van der Waals surface area contributed by atoms with E-state index in [1.54, 1.807) is 0 Å². The second kappa shape index (κ2) is 11.5. The zero-order chi connectivity index (χ0) is 34.2. The SMILES string of the molecule is c1cc(-c2ccc3c(c2)oc2ccccc23)cc(N(c2ccc(-c3ccc4sc5ccccc5c4c3)cc2)c2cccc3oc4ccccc4c23)c1. The van der Waals surface area contributed by atoms with Crippen LogP contribution in [0.3, 0.4) is 0 Å². The average Bonchev–Trinajstić information content (AvgIpc) is 3.89. The van der Waals surface area contributed by atoms with Crippen molar-refractivity contribution >= 4 is 92.4 Å². The number of nitrogens with zero attached hydrogens (tertiary/aromatic N) is 1. The van der Waals surface area contributed by atoms with Crippen LogP contribution in [0, 0.1) is 0 Å². The van der Waals surface area contributed by atoms with Crippen LogP contribution in [0.25, 0.3) is 86.3 Å². The minimum absolute atomic E-state index is 0.864. The summed E-state index contributed by atoms with van der Waals surface area (Å²) >= 11 is 1.85. The average molecular weight is 684 g/mol. The van der Waals surface area contributed by atoms with Crippen molar-refractivity contribution in [3.8, 4) is 22.3 Å². The van der Waals surface area contributed by atoms with Crippen molar-refractivity contribution in [2.45, 2.75) is 0 Å². The molecule has 11 aromatic rings. The molecule has 3 aromatic heterocycles. The lowest BCUT2D eigenvalue weighted by molar-refractivity contribution is 0.668. The number of thiophene rings is 1. The van der Waals surface area contributed by atoms with E-state index in [4.69, 9.17) is 8.83 Å². The molecule has 4 heteroatoms. The van der Waals surface area contributed by atoms with E-state index in [0.717, 1.165) is 72.1 Å². The molecular weight excluding hydrogens is 655 g/mol. The van der Waals surface area contributed by atoms with Crippen molar-refractivity contribution in [1.82, 2.24) is 0 Å². The molecule has 0 saturated heterocycles. The van der Waals surface area contributed by atoms with Gasteiger partial charge >= 0.3 is 0 Å². The smallest absolute Gasteiger partial charge is 0.137 e. The Bertz CT molecular complexity index is 3150. The number of rotatable bonds is 5. The van der Waals surface area contributed by atoms with Crippen LogP contribution in [-0.4, -0.2) is 0 Å². The van der Waals surface area contributed by atoms with E-state index in [0.29, 0.717) is 0 Å². The molecule has 244 valence electrons. The highest BCUT2D eigenvalue weighted by molar-refractivity contribution is 7.25. The van der Waals surface area contributed by atoms with Crippen LogP contribution in [0.4, 0.5) is 17.1 Å². The van der Waals surface area contributed by atoms with E-state index in [2.05, 4.69) is 157 Å². The zero-order valence-electron chi connectivity index (χ0n) is 27.9. The maximum Gasteiger partial charge on any atom is 0.137 e. The van der Waals surface area contributed by atoms with Gasteiger partial charge in [0.1, 0.15) is 22.3 Å². The Morgan fingerprint density at radius 3 is 1.85 bits per heavy atom. The Morgan fingerprint density at radius 2 is 0.962 bits per heavy atom. The zero-order valence-corrected chi connectivity index (χ0v) is 28.7. The summed E-state index contributed by atoms with van der Waals surface area (Å²) in [6, 6.07) is 62.6. The summed E-state index contributed by atoms with van der Waals surface area (Å²) in [6.07, 6.45) is 0. The molecule has 3 nitrogen and oxygen atoms in total. The Balaban J connectivity index is 1.06. The van der Waals surface area contributed by atoms with Gasteiger partial charge in [-0.3, -0.25) is 0 Å². The second-order valence-electron chi connectivity index (χ2n) is 13.3. The van der Waals surface area contributed by atoms with Gasteiger partial charge < -0.3 is 13.7 Å². The number of hydrogen-bond acceptors (Lipinski definition) is 4. The molecule has 0 aliphatic heterocycles. The van der Waals surface area contributed by atoms with E-state index in [1.807, 2.05) is 35.6 Å². The first-order chi connectivity index (χ1) is 25.7. The summed E-state index contributed by atoms with van der Waals surface area (Å²) in [5.41, 5.74) is 11.3. The molecule has 0 bridgehead atoms. The minimum Gasteiger partial charge on any atom is -0.456 e. The molecular formula is C48H29NO2S. The maximum atomic E-state index is 6.37. The van der Waals surface area contributed by atoms with Crippen LogP contribution in [0.2, 0.25) is 0 Å². The third-order valence-corrected chi connectivity index (χ3v) is 11.4. The van der Waals surface area contributed by atoms with Gasteiger partial charge in [0.15, 0.2) is 0 Å². The summed E-state index contributed by atoms with van der Waals surface area (Å²) in [5, 5.41) is 7.06. The number of benzene rings is 8. The highest BCUT2D eigenvalue weighted by atomic mass is 32.1. The largest absolute Gasteiger partial charge is 0.456 e. The number of fused-ring (bicyclic) bond motifs is 9. The lowest BCUT2D eigenvalue weighted by Crippen LogP contribution is -2.10. The van der Waals surface area contributed by atoms with Crippen LogP contribution >= 0.6 is 11.3 Å². The predicted octanol–water partition coefficient (Wildman–Crippen LogP) is 14.7. The Hall–Kier alpha value is -6.62. The van der Waals surface area contributed by atoms with Crippen LogP contribution in [0.1, 0.15) is 0 Å². The number of furan rings is 2. The normalized spacial score (nSPS) is 11.8. The van der Waals surface area contributed by atoms with Crippen LogP contribution in [0.15, 0.2) is 185 Å². The Labute approximate surface area is 303 Å². The predicted molar refractivity (Wildman–Crippen MR) is 219 cm³/mol. The van der Waals surface area contributed by atoms with Gasteiger partial charge in [-0.1, -0.05) is 97.1 Å². The van der Waals surface area contributed by atoms with Gasteiger partial charge in [-0.15, -0.1) is 11.3 Å². The van der Waals surface area contributed by atoms with E-state index in [-0.39, 0.29) is 0 Å². The van der Waals surface area contributed by atoms with Crippen molar-refractivity contribution < 1.29 is 8.83 Å². The highest BCUT2D eigenvalue weighted by Crippen LogP contribution is 2.44. The molecule has 8 aromatic carbocycles. The van der Waals surface area contributed by atoms with Crippen LogP contribution < -0.4 is 4.90 Å². The van der Waals surface area contributed by atoms with E-state index in [1.165, 1.54) is 31.3 Å². The fraction of sp³-hybridized carbons (Fsp3) is 0. The second-order valence-corrected chi connectivity index (χ2v) is 14.4. The summed E-state index contributed by atoms with van der Waals surface area (Å²) in [7, 11) is 0. The van der Waals surface area contributed by atoms with Crippen molar-refractivity contribution in [1.29, 1.82) is 0 Å². The standard InChI is InChI=1S/C48H29NO2S/c1-4-15-42-36(11-1)37-25-21-33(29-45(37)51-42)31-9-7-10-35(27-31)49(41-14-8-17-44-48(41)39-13-2-5-16-43(39)50-44)34-23-19-30(20-24-34)32-22-26-47-40(28-32)38-12-3-6-18-46(38)52-47/h1-29H. The summed E-state index contributed by atoms with van der Waals surface area (Å²) < 4.78 is 15.3. The summed E-state index contributed by atoms with van der Waals surface area (Å²) in [4.78, 5) is 2.35. The maximum absolute atomic E-state index is 6.37. The van der Waals surface area contributed by atoms with Gasteiger partial charge in [0, 0.05) is 47.7 Å². The minimum atomic E-state index is 0.864. The van der Waals surface area contributed by atoms with Crippen molar-refractivity contribution in [2.24, 2.45) is 0 Å². The number of para-hydroxylation sites is 2. The van der Waals surface area contributed by atoms with Crippen molar-refractivity contribution in [3.05, 3.63) is 176 Å². The first-order valence-electron chi connectivity index (χ1n) is 17.5. The first kappa shape index (κ1) is 29.1. The van der Waals surface area contributed by atoms with Gasteiger partial charge in [0.05, 0.1) is 11.1 Å². The molecule has 0 spiro atoms. The molecule has 52 heavy (non-hydrogen) atoms. The van der Waals surface area contributed by atoms with Crippen LogP contribution in [-0.2, 0) is 0 Å². The highest BCUT2D eigenvalue weighted by Gasteiger charge is 2.20. The third-order valence-electron chi connectivity index (χ3n) is 10.3. The number of hydrogen-bond donors (Lipinski definition) is 0. The monoisotopic (exact) mass is 683 g/mol. The van der Waals surface area contributed by atoms with Crippen molar-refractivity contribution in [2.75, 3.05) is 4.90 Å². The van der Waals surface area contributed by atoms with Crippen molar-refractivity contribution in [3.63, 3.8) is 0 Å². The van der Waals surface area contributed by atoms with E-state index >= 15 is 0 Å². The summed E-state index contributed by atoms with van der Waals surface area (Å²) in [5.74, 6) is 0. The van der Waals surface area contributed by atoms with Gasteiger partial charge in [-0.2, -0.15) is 0 Å². The van der Waals surface area contributed by atoms with Gasteiger partial charge in [0.25, 0.3) is 0 Å². The van der Waals surface area contributed by atoms with Gasteiger partial charge in [-0.25, -0.2) is 0 Å². The molecule has 0 aliphatic rings. The summed E-state index contributed by atoms with van der Waals surface area (Å²) in [6.45, 7) is 0. The Morgan fingerprint density at radius 1 is 0.346 bits per heavy atom. The first-order valence-corrected chi connectivity index (χ1v) is 18.3. The molecule has 0 saturated carbocycles.